The van der Waals surface area contributed by atoms with Gasteiger partial charge in [0.05, 0.1) is 6.61 Å². The second-order valence-electron chi connectivity index (χ2n) is 2.55. The van der Waals surface area contributed by atoms with Gasteiger partial charge in [0.15, 0.2) is 0 Å². The van der Waals surface area contributed by atoms with Crippen molar-refractivity contribution in [1.82, 2.24) is 9.97 Å². The molecule has 0 aromatic carbocycles. The molecule has 0 fully saturated rings. The van der Waals surface area contributed by atoms with Gasteiger partial charge in [-0.25, -0.2) is 9.97 Å². The molecule has 0 bridgehead atoms. The van der Waals surface area contributed by atoms with Crippen LogP contribution in [0.3, 0.4) is 0 Å². The van der Waals surface area contributed by atoms with Crippen LogP contribution in [0, 0.1) is 0 Å². The molecule has 14 heavy (non-hydrogen) atoms. The fourth-order valence-electron chi connectivity index (χ4n) is 0.833. The number of nitrogens with zero attached hydrogens (tertiary/aromatic N) is 2. The number of carbonyl (C=O) groups is 1. The highest BCUT2D eigenvalue weighted by Crippen LogP contribution is 2.09. The Morgan fingerprint density at radius 3 is 2.64 bits per heavy atom. The molecule has 1 rings (SSSR count). The third kappa shape index (κ3) is 2.40. The average molecular weight is 197 g/mol. The zero-order chi connectivity index (χ0) is 10.6. The second-order valence-corrected chi connectivity index (χ2v) is 2.55. The van der Waals surface area contributed by atoms with E-state index in [1.54, 1.807) is 6.92 Å². The molecule has 0 aliphatic carbocycles. The zero-order valence-corrected chi connectivity index (χ0v) is 7.67. The summed E-state index contributed by atoms with van der Waals surface area (Å²) in [6, 6.07) is -0.875. The van der Waals surface area contributed by atoms with Crippen LogP contribution >= 0.6 is 0 Å². The maximum Gasteiger partial charge on any atom is 0.325 e. The van der Waals surface area contributed by atoms with Crippen molar-refractivity contribution in [3.05, 3.63) is 18.0 Å². The number of nitrogens with two attached hydrogens (primary N) is 1. The summed E-state index contributed by atoms with van der Waals surface area (Å²) in [5.74, 6) is -1.11. The van der Waals surface area contributed by atoms with Gasteiger partial charge in [0, 0.05) is 18.0 Å². The molecule has 6 heteroatoms. The lowest BCUT2D eigenvalue weighted by Crippen LogP contribution is -2.21. The molecular weight excluding hydrogens is 186 g/mol. The minimum atomic E-state index is -1.11. The molecule has 1 heterocycles. The van der Waals surface area contributed by atoms with Gasteiger partial charge in [-0.15, -0.1) is 0 Å². The van der Waals surface area contributed by atoms with E-state index in [1.807, 2.05) is 0 Å². The van der Waals surface area contributed by atoms with Gasteiger partial charge in [-0.2, -0.15) is 0 Å². The van der Waals surface area contributed by atoms with Crippen molar-refractivity contribution < 1.29 is 14.6 Å². The lowest BCUT2D eigenvalue weighted by molar-refractivity contribution is -0.138. The van der Waals surface area contributed by atoms with Crippen LogP contribution in [0.5, 0.6) is 6.01 Å². The Labute approximate surface area is 80.7 Å². The number of aromatic nitrogens is 2. The first-order valence-electron chi connectivity index (χ1n) is 4.08. The van der Waals surface area contributed by atoms with Crippen molar-refractivity contribution in [2.75, 3.05) is 6.61 Å². The predicted molar refractivity (Wildman–Crippen MR) is 47.8 cm³/mol. The molecule has 0 aliphatic rings. The third-order valence-electron chi connectivity index (χ3n) is 1.55. The molecule has 1 aromatic heterocycles. The highest BCUT2D eigenvalue weighted by atomic mass is 16.5. The Balaban J connectivity index is 2.77. The van der Waals surface area contributed by atoms with E-state index in [9.17, 15) is 4.79 Å². The summed E-state index contributed by atoms with van der Waals surface area (Å²) >= 11 is 0. The van der Waals surface area contributed by atoms with Crippen molar-refractivity contribution in [1.29, 1.82) is 0 Å². The van der Waals surface area contributed by atoms with Gasteiger partial charge < -0.3 is 15.6 Å². The normalized spacial score (nSPS) is 12.1. The third-order valence-corrected chi connectivity index (χ3v) is 1.55. The molecule has 0 radical (unpaired) electrons. The molecule has 0 amide bonds. The molecule has 1 aromatic rings. The van der Waals surface area contributed by atoms with Crippen LogP contribution in [0.25, 0.3) is 0 Å². The number of ether oxygens (including phenoxy) is 1. The highest BCUT2D eigenvalue weighted by molar-refractivity contribution is 5.74. The quantitative estimate of drug-likeness (QED) is 0.702. The van der Waals surface area contributed by atoms with Gasteiger partial charge in [-0.1, -0.05) is 0 Å². The highest BCUT2D eigenvalue weighted by Gasteiger charge is 2.14. The summed E-state index contributed by atoms with van der Waals surface area (Å²) in [5, 5.41) is 8.60. The first-order valence-corrected chi connectivity index (χ1v) is 4.08. The molecule has 0 spiro atoms. The Morgan fingerprint density at radius 1 is 1.64 bits per heavy atom. The van der Waals surface area contributed by atoms with E-state index in [2.05, 4.69) is 9.97 Å². The molecule has 0 saturated heterocycles. The summed E-state index contributed by atoms with van der Waals surface area (Å²) in [7, 11) is 0. The first-order chi connectivity index (χ1) is 6.65. The van der Waals surface area contributed by atoms with Crippen molar-refractivity contribution in [3.8, 4) is 6.01 Å². The largest absolute Gasteiger partial charge is 0.480 e. The van der Waals surface area contributed by atoms with Crippen LogP contribution < -0.4 is 10.5 Å². The first kappa shape index (κ1) is 10.4. The van der Waals surface area contributed by atoms with Crippen LogP contribution in [0.4, 0.5) is 0 Å². The van der Waals surface area contributed by atoms with Gasteiger partial charge in [-0.05, 0) is 6.92 Å². The van der Waals surface area contributed by atoms with E-state index in [1.165, 1.54) is 12.4 Å². The second kappa shape index (κ2) is 4.52. The maximum absolute atomic E-state index is 10.5. The number of aliphatic carboxylic acids is 1. The standard InChI is InChI=1S/C8H11N3O3/c1-2-14-8-10-3-5(4-11-8)6(9)7(12)13/h3-4,6H,2,9H2,1H3,(H,12,13). The number of carboxylic acids is 1. The number of hydrogen-bond donors (Lipinski definition) is 2. The van der Waals surface area contributed by atoms with Gasteiger partial charge in [0.1, 0.15) is 6.04 Å². The van der Waals surface area contributed by atoms with Crippen molar-refractivity contribution >= 4 is 5.97 Å². The Morgan fingerprint density at radius 2 is 2.21 bits per heavy atom. The topological polar surface area (TPSA) is 98.3 Å². The van der Waals surface area contributed by atoms with Crippen LogP contribution in [0.1, 0.15) is 18.5 Å². The van der Waals surface area contributed by atoms with Gasteiger partial charge >= 0.3 is 12.0 Å². The summed E-state index contributed by atoms with van der Waals surface area (Å²) < 4.78 is 4.99. The van der Waals surface area contributed by atoms with E-state index in [-0.39, 0.29) is 6.01 Å². The SMILES string of the molecule is CCOc1ncc(C(N)C(=O)O)cn1. The molecule has 6 nitrogen and oxygen atoms in total. The van der Waals surface area contributed by atoms with Gasteiger partial charge in [0.25, 0.3) is 0 Å². The summed E-state index contributed by atoms with van der Waals surface area (Å²) in [6.07, 6.45) is 2.69. The maximum atomic E-state index is 10.5. The van der Waals surface area contributed by atoms with Crippen LogP contribution in [0.2, 0.25) is 0 Å². The Bertz CT molecular complexity index is 312. The monoisotopic (exact) mass is 197 g/mol. The fraction of sp³-hybridized carbons (Fsp3) is 0.375. The fourth-order valence-corrected chi connectivity index (χ4v) is 0.833. The average Bonchev–Trinajstić information content (AvgIpc) is 2.18. The molecule has 0 aliphatic heterocycles. The van der Waals surface area contributed by atoms with E-state index in [4.69, 9.17) is 15.6 Å². The molecule has 3 N–H and O–H groups in total. The van der Waals surface area contributed by atoms with Crippen LogP contribution in [-0.2, 0) is 4.79 Å². The summed E-state index contributed by atoms with van der Waals surface area (Å²) in [6.45, 7) is 2.27. The summed E-state index contributed by atoms with van der Waals surface area (Å²) in [4.78, 5) is 18.1. The number of hydrogen-bond acceptors (Lipinski definition) is 5. The van der Waals surface area contributed by atoms with Crippen molar-refractivity contribution in [2.45, 2.75) is 13.0 Å². The minimum Gasteiger partial charge on any atom is -0.480 e. The predicted octanol–water partition coefficient (Wildman–Crippen LogP) is -0.0403. The van der Waals surface area contributed by atoms with Gasteiger partial charge in [0.2, 0.25) is 0 Å². The van der Waals surface area contributed by atoms with E-state index in [0.717, 1.165) is 0 Å². The van der Waals surface area contributed by atoms with E-state index >= 15 is 0 Å². The number of carboxylic acid groups (broad SMARTS) is 1. The van der Waals surface area contributed by atoms with Crippen LogP contribution in [-0.4, -0.2) is 27.7 Å². The summed E-state index contributed by atoms with van der Waals surface area (Å²) in [5.41, 5.74) is 5.69. The molecule has 1 unspecified atom stereocenters. The zero-order valence-electron chi connectivity index (χ0n) is 7.67. The lowest BCUT2D eigenvalue weighted by atomic mass is 10.2. The van der Waals surface area contributed by atoms with Crippen molar-refractivity contribution in [2.24, 2.45) is 5.73 Å². The van der Waals surface area contributed by atoms with E-state index < -0.39 is 12.0 Å². The molecular formula is C8H11N3O3. The Hall–Kier alpha value is -1.69. The smallest absolute Gasteiger partial charge is 0.325 e. The van der Waals surface area contributed by atoms with Gasteiger partial charge in [-0.3, -0.25) is 4.79 Å². The number of rotatable bonds is 4. The molecule has 76 valence electrons. The van der Waals surface area contributed by atoms with Crippen molar-refractivity contribution in [3.63, 3.8) is 0 Å². The Kier molecular flexibility index (Phi) is 3.35. The lowest BCUT2D eigenvalue weighted by Gasteiger charge is -2.05. The molecule has 0 saturated carbocycles. The molecule has 1 atom stereocenters. The van der Waals surface area contributed by atoms with E-state index in [0.29, 0.717) is 12.2 Å². The minimum absolute atomic E-state index is 0.217. The van der Waals surface area contributed by atoms with Crippen LogP contribution in [0.15, 0.2) is 12.4 Å².